The standard InChI is InChI=1S/C27H35NO/c1-26(2,3)22-16-19(17-23(25(22)29)27(4,5)6)13-18-14-20-9-7-11-28-12-8-10-21(15-18)24(20)28/h13-17H,7-12H2,1-6H3. The van der Waals surface area contributed by atoms with Crippen LogP contribution in [0.1, 0.15) is 71.1 Å². The molecule has 0 fully saturated rings. The van der Waals surface area contributed by atoms with Gasteiger partial charge in [-0.25, -0.2) is 0 Å². The van der Waals surface area contributed by atoms with Crippen molar-refractivity contribution in [2.24, 2.45) is 10.8 Å². The average molecular weight is 390 g/mol. The van der Waals surface area contributed by atoms with E-state index >= 15 is 0 Å². The van der Waals surface area contributed by atoms with Gasteiger partial charge in [-0.05, 0) is 89.1 Å². The zero-order chi connectivity index (χ0) is 21.0. The summed E-state index contributed by atoms with van der Waals surface area (Å²) in [5.41, 5.74) is 8.46. The largest absolute Gasteiger partial charge is 0.371 e. The van der Waals surface area contributed by atoms with Gasteiger partial charge in [0, 0.05) is 29.9 Å². The molecule has 0 saturated carbocycles. The highest BCUT2D eigenvalue weighted by Crippen LogP contribution is 2.40. The molecule has 0 unspecified atom stereocenters. The lowest BCUT2D eigenvalue weighted by molar-refractivity contribution is -0.114. The predicted octanol–water partition coefficient (Wildman–Crippen LogP) is 6.30. The van der Waals surface area contributed by atoms with E-state index in [-0.39, 0.29) is 16.6 Å². The van der Waals surface area contributed by atoms with Gasteiger partial charge in [0.2, 0.25) is 0 Å². The number of nitrogens with zero attached hydrogens (tertiary/aromatic N) is 1. The average Bonchev–Trinajstić information content (AvgIpc) is 2.61. The predicted molar refractivity (Wildman–Crippen MR) is 123 cm³/mol. The van der Waals surface area contributed by atoms with E-state index in [2.05, 4.69) is 76.8 Å². The maximum absolute atomic E-state index is 13.2. The Bertz CT molecular complexity index is 877. The van der Waals surface area contributed by atoms with Crippen LogP contribution < -0.4 is 4.90 Å². The molecule has 3 aliphatic rings. The van der Waals surface area contributed by atoms with Crippen molar-refractivity contribution >= 4 is 17.5 Å². The molecule has 2 nitrogen and oxygen atoms in total. The number of hydrogen-bond donors (Lipinski definition) is 0. The van der Waals surface area contributed by atoms with Crippen molar-refractivity contribution in [3.05, 3.63) is 57.7 Å². The molecule has 0 spiro atoms. The summed E-state index contributed by atoms with van der Waals surface area (Å²) in [5.74, 6) is 0.207. The van der Waals surface area contributed by atoms with E-state index in [1.807, 2.05) is 0 Å². The van der Waals surface area contributed by atoms with Crippen molar-refractivity contribution in [1.82, 2.24) is 0 Å². The summed E-state index contributed by atoms with van der Waals surface area (Å²) in [6.45, 7) is 15.2. The number of hydrogen-bond acceptors (Lipinski definition) is 2. The minimum atomic E-state index is -0.163. The number of carbonyl (C=O) groups excluding carboxylic acids is 1. The topological polar surface area (TPSA) is 20.3 Å². The second kappa shape index (κ2) is 7.00. The third-order valence-electron chi connectivity index (χ3n) is 6.42. The Kier molecular flexibility index (Phi) is 4.88. The van der Waals surface area contributed by atoms with Crippen molar-refractivity contribution in [2.45, 2.75) is 67.2 Å². The Morgan fingerprint density at radius 1 is 0.828 bits per heavy atom. The van der Waals surface area contributed by atoms with Crippen LogP contribution in [0.4, 0.5) is 5.69 Å². The molecule has 0 N–H and O–H groups in total. The number of carbonyl (C=O) groups is 1. The Morgan fingerprint density at radius 2 is 1.31 bits per heavy atom. The fraction of sp³-hybridized carbons (Fsp3) is 0.519. The molecular formula is C27H35NO. The monoisotopic (exact) mass is 389 g/mol. The summed E-state index contributed by atoms with van der Waals surface area (Å²) in [6, 6.07) is 4.77. The van der Waals surface area contributed by atoms with Gasteiger partial charge in [0.15, 0.2) is 5.78 Å². The second-order valence-electron chi connectivity index (χ2n) is 11.0. The molecule has 0 aromatic heterocycles. The molecule has 154 valence electrons. The number of allylic oxidation sites excluding steroid dienone is 5. The minimum absolute atomic E-state index is 0.163. The molecule has 0 bridgehead atoms. The van der Waals surface area contributed by atoms with Crippen LogP contribution in [0.25, 0.3) is 6.08 Å². The Labute approximate surface area is 176 Å². The summed E-state index contributed by atoms with van der Waals surface area (Å²) in [6.07, 6.45) is 11.4. The van der Waals surface area contributed by atoms with Gasteiger partial charge < -0.3 is 4.90 Å². The van der Waals surface area contributed by atoms with Gasteiger partial charge in [-0.15, -0.1) is 0 Å². The molecule has 2 aliphatic heterocycles. The summed E-state index contributed by atoms with van der Waals surface area (Å²) in [5, 5.41) is 0. The van der Waals surface area contributed by atoms with Crippen LogP contribution in [0.3, 0.4) is 0 Å². The fourth-order valence-electron chi connectivity index (χ4n) is 4.95. The van der Waals surface area contributed by atoms with Gasteiger partial charge in [-0.2, -0.15) is 0 Å². The minimum Gasteiger partial charge on any atom is -0.371 e. The SMILES string of the molecule is CC(C)(C)C1=CC(=Cc2cc3c4c(c2)CCCN4CCC3)C=C(C(C)(C)C)C1=O. The zero-order valence-corrected chi connectivity index (χ0v) is 19.0. The summed E-state index contributed by atoms with van der Waals surface area (Å²) in [7, 11) is 0. The Hall–Kier alpha value is -2.09. The third-order valence-corrected chi connectivity index (χ3v) is 6.42. The van der Waals surface area contributed by atoms with E-state index in [0.29, 0.717) is 0 Å². The van der Waals surface area contributed by atoms with Crippen molar-refractivity contribution < 1.29 is 4.79 Å². The molecule has 1 aromatic rings. The van der Waals surface area contributed by atoms with E-state index < -0.39 is 0 Å². The van der Waals surface area contributed by atoms with Crippen LogP contribution >= 0.6 is 0 Å². The van der Waals surface area contributed by atoms with Crippen molar-refractivity contribution in [2.75, 3.05) is 18.0 Å². The van der Waals surface area contributed by atoms with Crippen LogP contribution in [-0.2, 0) is 17.6 Å². The van der Waals surface area contributed by atoms with E-state index in [1.54, 1.807) is 0 Å². The summed E-state index contributed by atoms with van der Waals surface area (Å²) < 4.78 is 0. The smallest absolute Gasteiger partial charge is 0.186 e. The van der Waals surface area contributed by atoms with Crippen LogP contribution in [-0.4, -0.2) is 18.9 Å². The van der Waals surface area contributed by atoms with Gasteiger partial charge in [-0.3, -0.25) is 4.79 Å². The Balaban J connectivity index is 1.81. The first-order valence-electron chi connectivity index (χ1n) is 11.2. The second-order valence-corrected chi connectivity index (χ2v) is 11.0. The number of aryl methyl sites for hydroxylation is 2. The number of anilines is 1. The summed E-state index contributed by atoms with van der Waals surface area (Å²) in [4.78, 5) is 15.8. The number of Topliss-reactive ketones (excluding diaryl/α,β-unsaturated/α-hetero) is 1. The quantitative estimate of drug-likeness (QED) is 0.562. The molecule has 2 heterocycles. The van der Waals surface area contributed by atoms with Gasteiger partial charge >= 0.3 is 0 Å². The molecule has 0 amide bonds. The highest BCUT2D eigenvalue weighted by atomic mass is 16.1. The number of ketones is 1. The molecule has 4 rings (SSSR count). The van der Waals surface area contributed by atoms with Gasteiger partial charge in [-0.1, -0.05) is 41.5 Å². The molecule has 29 heavy (non-hydrogen) atoms. The van der Waals surface area contributed by atoms with Crippen molar-refractivity contribution in [3.8, 4) is 0 Å². The molecule has 1 aromatic carbocycles. The van der Waals surface area contributed by atoms with E-state index in [1.165, 1.54) is 61.2 Å². The molecular weight excluding hydrogens is 354 g/mol. The number of rotatable bonds is 1. The fourth-order valence-corrected chi connectivity index (χ4v) is 4.95. The van der Waals surface area contributed by atoms with Crippen LogP contribution in [0.5, 0.6) is 0 Å². The van der Waals surface area contributed by atoms with Crippen LogP contribution in [0.2, 0.25) is 0 Å². The lowest BCUT2D eigenvalue weighted by atomic mass is 9.72. The molecule has 1 aliphatic carbocycles. The Morgan fingerprint density at radius 3 is 1.76 bits per heavy atom. The summed E-state index contributed by atoms with van der Waals surface area (Å²) >= 11 is 0. The maximum atomic E-state index is 13.2. The van der Waals surface area contributed by atoms with E-state index in [0.717, 1.165) is 16.7 Å². The van der Waals surface area contributed by atoms with Crippen molar-refractivity contribution in [1.29, 1.82) is 0 Å². The van der Waals surface area contributed by atoms with Gasteiger partial charge in [0.25, 0.3) is 0 Å². The first-order chi connectivity index (χ1) is 13.5. The maximum Gasteiger partial charge on any atom is 0.186 e. The van der Waals surface area contributed by atoms with Crippen LogP contribution in [0, 0.1) is 10.8 Å². The van der Waals surface area contributed by atoms with E-state index in [9.17, 15) is 4.79 Å². The molecule has 0 radical (unpaired) electrons. The normalized spacial score (nSPS) is 19.6. The van der Waals surface area contributed by atoms with E-state index in [4.69, 9.17) is 0 Å². The highest BCUT2D eigenvalue weighted by Gasteiger charge is 2.34. The van der Waals surface area contributed by atoms with Crippen LogP contribution in [0.15, 0.2) is 41.0 Å². The van der Waals surface area contributed by atoms with Gasteiger partial charge in [0.05, 0.1) is 0 Å². The first kappa shape index (κ1) is 20.2. The lowest BCUT2D eigenvalue weighted by Crippen LogP contribution is -2.34. The molecule has 0 atom stereocenters. The third kappa shape index (κ3) is 3.86. The highest BCUT2D eigenvalue weighted by molar-refractivity contribution is 6.12. The zero-order valence-electron chi connectivity index (χ0n) is 19.0. The lowest BCUT2D eigenvalue weighted by Gasteiger charge is -2.37. The van der Waals surface area contributed by atoms with Gasteiger partial charge in [0.1, 0.15) is 0 Å². The first-order valence-corrected chi connectivity index (χ1v) is 11.2. The molecule has 2 heteroatoms. The number of benzene rings is 1. The molecule has 0 saturated heterocycles. The van der Waals surface area contributed by atoms with Crippen molar-refractivity contribution in [3.63, 3.8) is 0 Å².